The van der Waals surface area contributed by atoms with E-state index in [0.29, 0.717) is 17.9 Å². The number of fused-ring (bicyclic) bond motifs is 1. The molecule has 37 heavy (non-hydrogen) atoms. The Balaban J connectivity index is 1.27. The first-order chi connectivity index (χ1) is 17.5. The summed E-state index contributed by atoms with van der Waals surface area (Å²) < 4.78 is 67.7. The first kappa shape index (κ1) is 25.0. The number of hydrogen-bond donors (Lipinski definition) is 3. The monoisotopic (exact) mass is 527 g/mol. The minimum atomic E-state index is -4.79. The van der Waals surface area contributed by atoms with Crippen LogP contribution in [0.5, 0.6) is 5.88 Å². The predicted molar refractivity (Wildman–Crippen MR) is 120 cm³/mol. The molecular weight excluding hydrogens is 502 g/mol. The number of rotatable bonds is 8. The van der Waals surface area contributed by atoms with Gasteiger partial charge in [0.2, 0.25) is 11.8 Å². The van der Waals surface area contributed by atoms with Crippen molar-refractivity contribution in [1.29, 1.82) is 0 Å². The van der Waals surface area contributed by atoms with Crippen molar-refractivity contribution >= 4 is 23.5 Å². The van der Waals surface area contributed by atoms with Crippen LogP contribution in [-0.2, 0) is 16.1 Å². The van der Waals surface area contributed by atoms with Gasteiger partial charge in [-0.05, 0) is 32.6 Å². The summed E-state index contributed by atoms with van der Waals surface area (Å²) in [4.78, 5) is 20.5. The summed E-state index contributed by atoms with van der Waals surface area (Å²) in [5.74, 6) is 0.427. The number of nitrogens with one attached hydrogen (secondary N) is 3. The van der Waals surface area contributed by atoms with Crippen molar-refractivity contribution in [2.24, 2.45) is 0 Å². The Morgan fingerprint density at radius 3 is 2.76 bits per heavy atom. The smallest absolute Gasteiger partial charge is 0.481 e. The maximum Gasteiger partial charge on any atom is 0.522 e. The Hall–Kier alpha value is -3.62. The molecule has 2 fully saturated rings. The maximum atomic E-state index is 14.6. The van der Waals surface area contributed by atoms with Crippen LogP contribution < -0.4 is 15.4 Å². The summed E-state index contributed by atoms with van der Waals surface area (Å²) in [6.45, 7) is 1.13. The third-order valence-corrected chi connectivity index (χ3v) is 6.44. The number of alkyl carbamates (subject to hydrolysis) is 1. The maximum absolute atomic E-state index is 14.6. The lowest BCUT2D eigenvalue weighted by Gasteiger charge is -2.17. The van der Waals surface area contributed by atoms with Gasteiger partial charge in [0.1, 0.15) is 17.9 Å². The fraction of sp³-hybridized carbons (Fsp3) is 0.545. The summed E-state index contributed by atoms with van der Waals surface area (Å²) >= 11 is 0. The lowest BCUT2D eigenvalue weighted by atomic mass is 10.0. The molecule has 0 radical (unpaired) electrons. The van der Waals surface area contributed by atoms with E-state index in [0.717, 1.165) is 12.8 Å². The summed E-state index contributed by atoms with van der Waals surface area (Å²) in [6, 6.07) is 3.13. The summed E-state index contributed by atoms with van der Waals surface area (Å²) in [6.07, 6.45) is -4.05. The number of carbonyl (C=O) groups is 1. The van der Waals surface area contributed by atoms with E-state index in [2.05, 4.69) is 35.5 Å². The average molecular weight is 527 g/mol. The highest BCUT2D eigenvalue weighted by molar-refractivity contribution is 5.69. The van der Waals surface area contributed by atoms with E-state index in [1.807, 2.05) is 6.92 Å². The number of imidazole rings is 1. The molecule has 11 nitrogen and oxygen atoms in total. The van der Waals surface area contributed by atoms with Crippen molar-refractivity contribution in [1.82, 2.24) is 29.9 Å². The number of amides is 1. The van der Waals surface area contributed by atoms with Crippen LogP contribution in [0, 0.1) is 0 Å². The Kier molecular flexibility index (Phi) is 6.33. The van der Waals surface area contributed by atoms with Crippen LogP contribution in [0.15, 0.2) is 18.3 Å². The number of carbonyl (C=O) groups excluding carboxylic acids is 1. The zero-order valence-corrected chi connectivity index (χ0v) is 19.9. The molecule has 0 saturated heterocycles. The Morgan fingerprint density at radius 2 is 2.05 bits per heavy atom. The van der Waals surface area contributed by atoms with Crippen LogP contribution in [0.3, 0.4) is 0 Å². The van der Waals surface area contributed by atoms with Crippen LogP contribution >= 0.6 is 0 Å². The van der Waals surface area contributed by atoms with Gasteiger partial charge in [-0.3, -0.25) is 14.2 Å². The van der Waals surface area contributed by atoms with E-state index in [1.165, 1.54) is 23.8 Å². The van der Waals surface area contributed by atoms with E-state index < -0.39 is 31.3 Å². The summed E-state index contributed by atoms with van der Waals surface area (Å²) in [5, 5.41) is 12.8. The molecule has 0 aromatic carbocycles. The molecule has 1 amide bonds. The first-order valence-corrected chi connectivity index (χ1v) is 11.6. The van der Waals surface area contributed by atoms with E-state index in [1.54, 1.807) is 6.07 Å². The molecule has 200 valence electrons. The molecule has 0 bridgehead atoms. The van der Waals surface area contributed by atoms with E-state index in [9.17, 15) is 22.4 Å². The van der Waals surface area contributed by atoms with Gasteiger partial charge in [-0.1, -0.05) is 0 Å². The second-order valence-electron chi connectivity index (χ2n) is 9.46. The standard InChI is InChI=1S/C22H25F4N7O4/c1-21(3-4-21)30-20(34)37-15-6-11(5-13(15)23)14-7-16(32-31-14)28-19-29-18(35-2)8-17-27-12(9-33(17)19)10-36-22(24,25)26/h7-9,11,13,15H,3-6,10H2,1-2H3,(H,30,34)(H2,28,29,31,32)/t11-,13+,15-/m0/s1. The topological polar surface area (TPSA) is 128 Å². The number of H-pyrrole nitrogens is 1. The molecular formula is C22H25F4N7O4. The lowest BCUT2D eigenvalue weighted by Crippen LogP contribution is -2.38. The largest absolute Gasteiger partial charge is 0.522 e. The highest BCUT2D eigenvalue weighted by Crippen LogP contribution is 2.39. The van der Waals surface area contributed by atoms with Crippen molar-refractivity contribution in [2.45, 2.75) is 69.3 Å². The molecule has 3 aromatic rings. The van der Waals surface area contributed by atoms with Gasteiger partial charge in [0.15, 0.2) is 5.82 Å². The quantitative estimate of drug-likeness (QED) is 0.374. The molecule has 3 N–H and O–H groups in total. The normalized spacial score (nSPS) is 22.7. The van der Waals surface area contributed by atoms with Crippen molar-refractivity contribution in [3.63, 3.8) is 0 Å². The molecule has 0 spiro atoms. The fourth-order valence-electron chi connectivity index (χ4n) is 4.21. The molecule has 15 heteroatoms. The molecule has 3 heterocycles. The summed E-state index contributed by atoms with van der Waals surface area (Å²) in [5.41, 5.74) is 0.685. The van der Waals surface area contributed by atoms with Gasteiger partial charge in [-0.25, -0.2) is 14.2 Å². The Morgan fingerprint density at radius 1 is 1.27 bits per heavy atom. The van der Waals surface area contributed by atoms with Gasteiger partial charge in [-0.2, -0.15) is 10.1 Å². The molecule has 3 aromatic heterocycles. The van der Waals surface area contributed by atoms with E-state index in [4.69, 9.17) is 9.47 Å². The van der Waals surface area contributed by atoms with Crippen LogP contribution in [0.25, 0.3) is 5.65 Å². The number of nitrogens with zero attached hydrogens (tertiary/aromatic N) is 4. The number of hydrogen-bond acceptors (Lipinski definition) is 8. The second-order valence-corrected chi connectivity index (χ2v) is 9.46. The van der Waals surface area contributed by atoms with Crippen LogP contribution in [0.2, 0.25) is 0 Å². The van der Waals surface area contributed by atoms with Crippen LogP contribution in [0.1, 0.15) is 49.9 Å². The number of methoxy groups -OCH3 is 1. The Labute approximate surface area is 207 Å². The number of ether oxygens (including phenoxy) is 3. The van der Waals surface area contributed by atoms with Crippen molar-refractivity contribution < 1.29 is 36.6 Å². The Bertz CT molecular complexity index is 1290. The zero-order valence-electron chi connectivity index (χ0n) is 19.9. The lowest BCUT2D eigenvalue weighted by molar-refractivity contribution is -0.330. The van der Waals surface area contributed by atoms with Gasteiger partial charge in [0.25, 0.3) is 0 Å². The van der Waals surface area contributed by atoms with Gasteiger partial charge in [0, 0.05) is 35.5 Å². The number of anilines is 2. The number of halogens is 4. The van der Waals surface area contributed by atoms with Crippen molar-refractivity contribution in [3.8, 4) is 5.88 Å². The van der Waals surface area contributed by atoms with Crippen molar-refractivity contribution in [3.05, 3.63) is 29.7 Å². The van der Waals surface area contributed by atoms with Gasteiger partial charge in [0.05, 0.1) is 19.4 Å². The third kappa shape index (κ3) is 5.87. The van der Waals surface area contributed by atoms with E-state index in [-0.39, 0.29) is 41.0 Å². The number of alkyl halides is 4. The zero-order chi connectivity index (χ0) is 26.4. The van der Waals surface area contributed by atoms with Gasteiger partial charge in [-0.15, -0.1) is 13.2 Å². The summed E-state index contributed by atoms with van der Waals surface area (Å²) in [7, 11) is 1.39. The SMILES string of the molecule is COc1cc2nc(COC(F)(F)F)cn2c(Nc2cc([C@H]3C[C@@H](F)[C@@H](OC(=O)NC4(C)CC4)C3)[nH]n2)n1. The molecule has 3 atom stereocenters. The number of aromatic amines is 1. The highest BCUT2D eigenvalue weighted by Gasteiger charge is 2.42. The molecule has 2 aliphatic carbocycles. The molecule has 2 aliphatic rings. The van der Waals surface area contributed by atoms with Crippen molar-refractivity contribution in [2.75, 3.05) is 12.4 Å². The molecule has 2 saturated carbocycles. The van der Waals surface area contributed by atoms with Crippen LogP contribution in [-0.4, -0.2) is 61.9 Å². The van der Waals surface area contributed by atoms with Gasteiger partial charge >= 0.3 is 12.5 Å². The van der Waals surface area contributed by atoms with Crippen LogP contribution in [0.4, 0.5) is 34.1 Å². The fourth-order valence-corrected chi connectivity index (χ4v) is 4.21. The average Bonchev–Trinajstić information content (AvgIpc) is 3.19. The second kappa shape index (κ2) is 9.36. The first-order valence-electron chi connectivity index (χ1n) is 11.6. The minimum absolute atomic E-state index is 0.0313. The highest BCUT2D eigenvalue weighted by atomic mass is 19.4. The predicted octanol–water partition coefficient (Wildman–Crippen LogP) is 4.10. The molecule has 0 unspecified atom stereocenters. The third-order valence-electron chi connectivity index (χ3n) is 6.44. The van der Waals surface area contributed by atoms with E-state index >= 15 is 0 Å². The minimum Gasteiger partial charge on any atom is -0.481 e. The molecule has 0 aliphatic heterocycles. The number of aromatic nitrogens is 5. The van der Waals surface area contributed by atoms with Gasteiger partial charge < -0.3 is 20.1 Å². The molecule has 5 rings (SSSR count).